The lowest BCUT2D eigenvalue weighted by Crippen LogP contribution is -2.19. The van der Waals surface area contributed by atoms with Crippen LogP contribution in [0.5, 0.6) is 0 Å². The first-order valence-corrected chi connectivity index (χ1v) is 4.84. The van der Waals surface area contributed by atoms with Gasteiger partial charge < -0.3 is 0 Å². The van der Waals surface area contributed by atoms with Crippen LogP contribution in [0.3, 0.4) is 0 Å². The second-order valence-electron chi connectivity index (χ2n) is 4.54. The van der Waals surface area contributed by atoms with Gasteiger partial charge in [-0.15, -0.1) is 0 Å². The smallest absolute Gasteiger partial charge is 0.172 e. The molecule has 78 valence electrons. The zero-order valence-corrected chi connectivity index (χ0v) is 9.06. The van der Waals surface area contributed by atoms with E-state index in [2.05, 4.69) is 10.2 Å². The molecule has 2 aromatic rings. The molecule has 0 amide bonds. The van der Waals surface area contributed by atoms with Crippen molar-refractivity contribution in [2.75, 3.05) is 0 Å². The molecule has 4 heteroatoms. The lowest BCUT2D eigenvalue weighted by atomic mass is 9.87. The fraction of sp³-hybridized carbons (Fsp3) is 0.364. The topological polar surface area (TPSA) is 47.3 Å². The van der Waals surface area contributed by atoms with Crippen LogP contribution >= 0.6 is 0 Å². The van der Waals surface area contributed by atoms with Gasteiger partial charge in [0.25, 0.3) is 0 Å². The van der Waals surface area contributed by atoms with Crippen LogP contribution in [0.25, 0.3) is 5.52 Å². The van der Waals surface area contributed by atoms with Crippen LogP contribution in [-0.2, 0) is 0 Å². The van der Waals surface area contributed by atoms with Gasteiger partial charge in [-0.3, -0.25) is 4.79 Å². The molecular weight excluding hydrogens is 190 g/mol. The standard InChI is InChI=1S/C11H13N3O/c1-11(2,3)10(15)8-7-13-14-9(8)5-4-6-12-14/h4-7H,1-3H3. The quantitative estimate of drug-likeness (QED) is 0.665. The van der Waals surface area contributed by atoms with Crippen molar-refractivity contribution < 1.29 is 4.79 Å². The summed E-state index contributed by atoms with van der Waals surface area (Å²) in [5.41, 5.74) is 1.01. The van der Waals surface area contributed by atoms with Crippen LogP contribution < -0.4 is 0 Å². The van der Waals surface area contributed by atoms with E-state index in [1.165, 1.54) is 4.63 Å². The largest absolute Gasteiger partial charge is 0.293 e. The molecule has 0 aliphatic rings. The van der Waals surface area contributed by atoms with E-state index in [-0.39, 0.29) is 11.2 Å². The predicted octanol–water partition coefficient (Wildman–Crippen LogP) is 1.96. The molecule has 0 saturated carbocycles. The first-order valence-electron chi connectivity index (χ1n) is 4.84. The molecule has 0 aliphatic heterocycles. The Kier molecular flexibility index (Phi) is 2.07. The Labute approximate surface area is 87.9 Å². The Morgan fingerprint density at radius 3 is 2.73 bits per heavy atom. The third-order valence-electron chi connectivity index (χ3n) is 2.23. The van der Waals surface area contributed by atoms with E-state index in [1.807, 2.05) is 26.8 Å². The molecule has 2 aromatic heterocycles. The summed E-state index contributed by atoms with van der Waals surface area (Å²) in [6.45, 7) is 5.69. The van der Waals surface area contributed by atoms with Gasteiger partial charge in [0, 0.05) is 11.6 Å². The molecule has 0 saturated heterocycles. The van der Waals surface area contributed by atoms with Gasteiger partial charge in [-0.05, 0) is 12.1 Å². The number of nitrogens with zero attached hydrogens (tertiary/aromatic N) is 3. The lowest BCUT2D eigenvalue weighted by molar-refractivity contribution is 0.0860. The Balaban J connectivity index is 2.58. The van der Waals surface area contributed by atoms with Crippen molar-refractivity contribution in [2.45, 2.75) is 20.8 Å². The molecule has 0 atom stereocenters. The summed E-state index contributed by atoms with van der Waals surface area (Å²) >= 11 is 0. The van der Waals surface area contributed by atoms with E-state index in [0.717, 1.165) is 5.52 Å². The maximum absolute atomic E-state index is 12.1. The van der Waals surface area contributed by atoms with Crippen molar-refractivity contribution in [3.8, 4) is 0 Å². The minimum absolute atomic E-state index is 0.0884. The van der Waals surface area contributed by atoms with Gasteiger partial charge in [0.05, 0.1) is 17.3 Å². The third kappa shape index (κ3) is 1.63. The minimum atomic E-state index is -0.390. The van der Waals surface area contributed by atoms with Gasteiger partial charge >= 0.3 is 0 Å². The maximum Gasteiger partial charge on any atom is 0.172 e. The van der Waals surface area contributed by atoms with Crippen molar-refractivity contribution in [2.24, 2.45) is 5.41 Å². The summed E-state index contributed by atoms with van der Waals surface area (Å²) in [7, 11) is 0. The molecule has 0 fully saturated rings. The molecule has 15 heavy (non-hydrogen) atoms. The molecule has 0 unspecified atom stereocenters. The van der Waals surface area contributed by atoms with Crippen molar-refractivity contribution in [1.29, 1.82) is 0 Å². The number of Topliss-reactive ketones (excluding diaryl/α,β-unsaturated/α-hetero) is 1. The Morgan fingerprint density at radius 1 is 1.33 bits per heavy atom. The number of carbonyl (C=O) groups is 1. The molecule has 0 radical (unpaired) electrons. The van der Waals surface area contributed by atoms with E-state index in [1.54, 1.807) is 18.5 Å². The summed E-state index contributed by atoms with van der Waals surface area (Å²) < 4.78 is 1.47. The number of rotatable bonds is 1. The highest BCUT2D eigenvalue weighted by Crippen LogP contribution is 2.22. The summed E-state index contributed by atoms with van der Waals surface area (Å²) in [4.78, 5) is 12.1. The molecule has 0 bridgehead atoms. The number of hydrogen-bond acceptors (Lipinski definition) is 3. The summed E-state index contributed by atoms with van der Waals surface area (Å²) in [6, 6.07) is 3.65. The van der Waals surface area contributed by atoms with Gasteiger partial charge in [0.1, 0.15) is 0 Å². The normalized spacial score (nSPS) is 11.9. The molecular formula is C11H13N3O. The summed E-state index contributed by atoms with van der Waals surface area (Å²) in [6.07, 6.45) is 3.22. The predicted molar refractivity (Wildman–Crippen MR) is 56.8 cm³/mol. The summed E-state index contributed by atoms with van der Waals surface area (Å²) in [5, 5.41) is 8.06. The first-order chi connectivity index (χ1) is 7.00. The van der Waals surface area contributed by atoms with Gasteiger partial charge in [-0.2, -0.15) is 14.8 Å². The van der Waals surface area contributed by atoms with Crippen molar-refractivity contribution in [3.63, 3.8) is 0 Å². The van der Waals surface area contributed by atoms with Crippen LogP contribution in [0.1, 0.15) is 31.1 Å². The highest BCUT2D eigenvalue weighted by molar-refractivity contribution is 6.05. The maximum atomic E-state index is 12.1. The van der Waals surface area contributed by atoms with Crippen molar-refractivity contribution >= 4 is 11.3 Å². The zero-order valence-electron chi connectivity index (χ0n) is 9.06. The fourth-order valence-corrected chi connectivity index (χ4v) is 1.41. The lowest BCUT2D eigenvalue weighted by Gasteiger charge is -2.15. The Morgan fingerprint density at radius 2 is 2.07 bits per heavy atom. The number of carbonyl (C=O) groups excluding carboxylic acids is 1. The van der Waals surface area contributed by atoms with E-state index < -0.39 is 0 Å². The number of ketones is 1. The van der Waals surface area contributed by atoms with Gasteiger partial charge in [0.2, 0.25) is 0 Å². The SMILES string of the molecule is CC(C)(C)C(=O)c1cnn2ncccc12. The van der Waals surface area contributed by atoms with Crippen molar-refractivity contribution in [1.82, 2.24) is 14.8 Å². The fourth-order valence-electron chi connectivity index (χ4n) is 1.41. The molecule has 0 aliphatic carbocycles. The van der Waals surface area contributed by atoms with Crippen LogP contribution in [0.4, 0.5) is 0 Å². The first kappa shape index (κ1) is 9.83. The van der Waals surface area contributed by atoms with E-state index in [4.69, 9.17) is 0 Å². The molecule has 0 N–H and O–H groups in total. The van der Waals surface area contributed by atoms with Gasteiger partial charge in [0.15, 0.2) is 5.78 Å². The average Bonchev–Trinajstić information content (AvgIpc) is 2.58. The highest BCUT2D eigenvalue weighted by Gasteiger charge is 2.25. The molecule has 2 heterocycles. The van der Waals surface area contributed by atoms with Crippen molar-refractivity contribution in [3.05, 3.63) is 30.1 Å². The minimum Gasteiger partial charge on any atom is -0.293 e. The van der Waals surface area contributed by atoms with Gasteiger partial charge in [-0.1, -0.05) is 20.8 Å². The third-order valence-corrected chi connectivity index (χ3v) is 2.23. The van der Waals surface area contributed by atoms with Crippen LogP contribution in [0.2, 0.25) is 0 Å². The number of hydrogen-bond donors (Lipinski definition) is 0. The highest BCUT2D eigenvalue weighted by atomic mass is 16.1. The molecule has 2 rings (SSSR count). The van der Waals surface area contributed by atoms with E-state index in [9.17, 15) is 4.79 Å². The average molecular weight is 203 g/mol. The van der Waals surface area contributed by atoms with Crippen LogP contribution in [0, 0.1) is 5.41 Å². The van der Waals surface area contributed by atoms with Crippen LogP contribution in [-0.4, -0.2) is 20.6 Å². The van der Waals surface area contributed by atoms with Gasteiger partial charge in [-0.25, -0.2) is 0 Å². The molecule has 4 nitrogen and oxygen atoms in total. The van der Waals surface area contributed by atoms with Crippen LogP contribution in [0.15, 0.2) is 24.5 Å². The Hall–Kier alpha value is -1.71. The summed E-state index contributed by atoms with van der Waals surface area (Å²) in [5.74, 6) is 0.0884. The zero-order chi connectivity index (χ0) is 11.1. The Bertz CT molecular complexity index is 508. The number of fused-ring (bicyclic) bond motifs is 1. The second kappa shape index (κ2) is 3.15. The van der Waals surface area contributed by atoms with E-state index >= 15 is 0 Å². The van der Waals surface area contributed by atoms with E-state index in [0.29, 0.717) is 5.56 Å². The molecule has 0 spiro atoms. The molecule has 0 aromatic carbocycles. The number of aromatic nitrogens is 3. The second-order valence-corrected chi connectivity index (χ2v) is 4.54. The monoisotopic (exact) mass is 203 g/mol.